The van der Waals surface area contributed by atoms with Crippen molar-refractivity contribution in [1.82, 2.24) is 15.1 Å². The fourth-order valence-electron chi connectivity index (χ4n) is 1.38. The maximum atomic E-state index is 10.7. The van der Waals surface area contributed by atoms with Crippen LogP contribution in [0.15, 0.2) is 18.3 Å². The lowest BCUT2D eigenvalue weighted by Crippen LogP contribution is -2.51. The van der Waals surface area contributed by atoms with Crippen molar-refractivity contribution in [3.05, 3.63) is 24.0 Å². The van der Waals surface area contributed by atoms with Crippen molar-refractivity contribution in [3.63, 3.8) is 0 Å². The van der Waals surface area contributed by atoms with Gasteiger partial charge in [0.1, 0.15) is 0 Å². The molecule has 5 nitrogen and oxygen atoms in total. The van der Waals surface area contributed by atoms with Crippen molar-refractivity contribution in [3.8, 4) is 0 Å². The maximum Gasteiger partial charge on any atom is 0.314 e. The van der Waals surface area contributed by atoms with Crippen molar-refractivity contribution in [1.29, 1.82) is 0 Å². The third-order valence-electron chi connectivity index (χ3n) is 2.20. The average Bonchev–Trinajstić information content (AvgIpc) is 2.02. The molecule has 0 saturated carbocycles. The Labute approximate surface area is 75.6 Å². The molecule has 0 aromatic carbocycles. The lowest BCUT2D eigenvalue weighted by Gasteiger charge is -2.37. The van der Waals surface area contributed by atoms with E-state index in [-0.39, 0.29) is 6.03 Å². The second kappa shape index (κ2) is 3.01. The number of nitrogens with zero attached hydrogens (tertiary/aromatic N) is 3. The van der Waals surface area contributed by atoms with Crippen LogP contribution in [-0.4, -0.2) is 34.2 Å². The Hall–Kier alpha value is -1.65. The summed E-state index contributed by atoms with van der Waals surface area (Å²) < 4.78 is 0. The van der Waals surface area contributed by atoms with Crippen LogP contribution in [0.5, 0.6) is 0 Å². The SMILES string of the molecule is NC(=O)N1CC(c2cccnn2)C1. The van der Waals surface area contributed by atoms with Crippen LogP contribution < -0.4 is 5.73 Å². The Kier molecular flexibility index (Phi) is 1.84. The molecule has 0 aliphatic carbocycles. The van der Waals surface area contributed by atoms with E-state index in [9.17, 15) is 4.79 Å². The van der Waals surface area contributed by atoms with Gasteiger partial charge in [-0.1, -0.05) is 0 Å². The molecule has 2 amide bonds. The van der Waals surface area contributed by atoms with Crippen molar-refractivity contribution < 1.29 is 4.79 Å². The minimum Gasteiger partial charge on any atom is -0.351 e. The smallest absolute Gasteiger partial charge is 0.314 e. The summed E-state index contributed by atoms with van der Waals surface area (Å²) in [6.45, 7) is 1.32. The third-order valence-corrected chi connectivity index (χ3v) is 2.20. The minimum absolute atomic E-state index is 0.307. The summed E-state index contributed by atoms with van der Waals surface area (Å²) in [5.74, 6) is 0.307. The van der Waals surface area contributed by atoms with Crippen molar-refractivity contribution in [2.45, 2.75) is 5.92 Å². The van der Waals surface area contributed by atoms with Gasteiger partial charge in [0.15, 0.2) is 0 Å². The molecule has 0 spiro atoms. The van der Waals surface area contributed by atoms with Crippen LogP contribution in [0.1, 0.15) is 11.6 Å². The fraction of sp³-hybridized carbons (Fsp3) is 0.375. The maximum absolute atomic E-state index is 10.7. The van der Waals surface area contributed by atoms with Gasteiger partial charge in [0.2, 0.25) is 0 Å². The summed E-state index contributed by atoms with van der Waals surface area (Å²) in [7, 11) is 0. The predicted molar refractivity (Wildman–Crippen MR) is 45.9 cm³/mol. The van der Waals surface area contributed by atoms with E-state index in [0.717, 1.165) is 5.69 Å². The Morgan fingerprint density at radius 2 is 2.38 bits per heavy atom. The largest absolute Gasteiger partial charge is 0.351 e. The second-order valence-electron chi connectivity index (χ2n) is 3.09. The van der Waals surface area contributed by atoms with E-state index in [1.165, 1.54) is 0 Å². The first-order chi connectivity index (χ1) is 6.27. The number of carbonyl (C=O) groups is 1. The van der Waals surface area contributed by atoms with E-state index in [1.54, 1.807) is 11.1 Å². The Morgan fingerprint density at radius 3 is 2.92 bits per heavy atom. The van der Waals surface area contributed by atoms with E-state index in [0.29, 0.717) is 19.0 Å². The summed E-state index contributed by atoms with van der Waals surface area (Å²) in [6.07, 6.45) is 1.63. The number of hydrogen-bond acceptors (Lipinski definition) is 3. The van der Waals surface area contributed by atoms with E-state index < -0.39 is 0 Å². The molecule has 1 fully saturated rings. The van der Waals surface area contributed by atoms with Crippen molar-refractivity contribution in [2.24, 2.45) is 5.73 Å². The molecule has 1 aromatic rings. The number of aromatic nitrogens is 2. The fourth-order valence-corrected chi connectivity index (χ4v) is 1.38. The number of nitrogens with two attached hydrogens (primary N) is 1. The standard InChI is InChI=1S/C8H10N4O/c9-8(13)12-4-6(5-12)7-2-1-3-10-11-7/h1-3,6H,4-5H2,(H2,9,13). The number of hydrogen-bond donors (Lipinski definition) is 1. The van der Waals surface area contributed by atoms with Gasteiger partial charge in [-0.25, -0.2) is 4.79 Å². The van der Waals surface area contributed by atoms with E-state index in [2.05, 4.69) is 10.2 Å². The predicted octanol–water partition coefficient (Wildman–Crippen LogP) is -0.0455. The molecular formula is C8H10N4O. The van der Waals surface area contributed by atoms with E-state index in [4.69, 9.17) is 5.73 Å². The number of rotatable bonds is 1. The highest BCUT2D eigenvalue weighted by atomic mass is 16.2. The number of urea groups is 1. The van der Waals surface area contributed by atoms with Gasteiger partial charge in [-0.05, 0) is 12.1 Å². The highest BCUT2D eigenvalue weighted by Gasteiger charge is 2.31. The summed E-state index contributed by atoms with van der Waals surface area (Å²) in [5.41, 5.74) is 6.02. The molecular weight excluding hydrogens is 168 g/mol. The molecule has 1 aromatic heterocycles. The van der Waals surface area contributed by atoms with E-state index >= 15 is 0 Å². The number of carbonyl (C=O) groups excluding carboxylic acids is 1. The van der Waals surface area contributed by atoms with Gasteiger partial charge < -0.3 is 10.6 Å². The molecule has 1 aliphatic rings. The molecule has 1 saturated heterocycles. The quantitative estimate of drug-likeness (QED) is 0.655. The van der Waals surface area contributed by atoms with Gasteiger partial charge in [0.05, 0.1) is 5.69 Å². The van der Waals surface area contributed by atoms with Gasteiger partial charge in [-0.15, -0.1) is 0 Å². The molecule has 1 aliphatic heterocycles. The molecule has 0 bridgehead atoms. The van der Waals surface area contributed by atoms with E-state index in [1.807, 2.05) is 12.1 Å². The van der Waals surface area contributed by atoms with Crippen molar-refractivity contribution >= 4 is 6.03 Å². The first-order valence-corrected chi connectivity index (χ1v) is 4.09. The summed E-state index contributed by atoms with van der Waals surface area (Å²) in [4.78, 5) is 12.3. The Morgan fingerprint density at radius 1 is 1.62 bits per heavy atom. The summed E-state index contributed by atoms with van der Waals surface area (Å²) >= 11 is 0. The van der Waals surface area contributed by atoms with Crippen LogP contribution in [0.25, 0.3) is 0 Å². The van der Waals surface area contributed by atoms with Gasteiger partial charge in [-0.2, -0.15) is 10.2 Å². The lowest BCUT2D eigenvalue weighted by molar-refractivity contribution is 0.158. The molecule has 2 heterocycles. The zero-order valence-electron chi connectivity index (χ0n) is 7.05. The third kappa shape index (κ3) is 1.44. The number of primary amides is 1. The highest BCUT2D eigenvalue weighted by Crippen LogP contribution is 2.23. The van der Waals surface area contributed by atoms with Gasteiger partial charge in [0.25, 0.3) is 0 Å². The monoisotopic (exact) mass is 178 g/mol. The molecule has 13 heavy (non-hydrogen) atoms. The molecule has 68 valence electrons. The summed E-state index contributed by atoms with van der Waals surface area (Å²) in [6, 6.07) is 3.39. The number of likely N-dealkylation sites (tertiary alicyclic amines) is 1. The zero-order valence-corrected chi connectivity index (χ0v) is 7.05. The van der Waals surface area contributed by atoms with Gasteiger partial charge in [-0.3, -0.25) is 0 Å². The van der Waals surface area contributed by atoms with Crippen LogP contribution in [0, 0.1) is 0 Å². The lowest BCUT2D eigenvalue weighted by atomic mass is 9.97. The highest BCUT2D eigenvalue weighted by molar-refractivity contribution is 5.73. The molecule has 0 unspecified atom stereocenters. The minimum atomic E-state index is -0.361. The second-order valence-corrected chi connectivity index (χ2v) is 3.09. The number of amides is 2. The topological polar surface area (TPSA) is 72.1 Å². The van der Waals surface area contributed by atoms with Crippen LogP contribution in [-0.2, 0) is 0 Å². The molecule has 0 atom stereocenters. The first-order valence-electron chi connectivity index (χ1n) is 4.09. The first kappa shape index (κ1) is 7.97. The average molecular weight is 178 g/mol. The Balaban J connectivity index is 1.98. The van der Waals surface area contributed by atoms with Crippen LogP contribution >= 0.6 is 0 Å². The van der Waals surface area contributed by atoms with Crippen LogP contribution in [0.2, 0.25) is 0 Å². The normalized spacial score (nSPS) is 16.8. The molecule has 5 heteroatoms. The van der Waals surface area contributed by atoms with Crippen molar-refractivity contribution in [2.75, 3.05) is 13.1 Å². The Bertz CT molecular complexity index is 307. The molecule has 2 rings (SSSR count). The molecule has 0 radical (unpaired) electrons. The van der Waals surface area contributed by atoms with Gasteiger partial charge >= 0.3 is 6.03 Å². The zero-order chi connectivity index (χ0) is 9.26. The summed E-state index contributed by atoms with van der Waals surface area (Å²) in [5, 5.41) is 7.74. The van der Waals surface area contributed by atoms with Crippen LogP contribution in [0.3, 0.4) is 0 Å². The van der Waals surface area contributed by atoms with Gasteiger partial charge in [0, 0.05) is 25.2 Å². The molecule has 2 N–H and O–H groups in total. The van der Waals surface area contributed by atoms with Crippen LogP contribution in [0.4, 0.5) is 4.79 Å².